The Morgan fingerprint density at radius 3 is 2.33 bits per heavy atom. The first-order valence-corrected chi connectivity index (χ1v) is 11.9. The maximum Gasteiger partial charge on any atom is 1.00 e. The second-order valence-electron chi connectivity index (χ2n) is 7.25. The largest absolute Gasteiger partial charge is 1.00 e. The van der Waals surface area contributed by atoms with Gasteiger partial charge in [-0.2, -0.15) is 5.10 Å². The van der Waals surface area contributed by atoms with Crippen molar-refractivity contribution in [2.24, 2.45) is 0 Å². The second kappa shape index (κ2) is 14.1. The fourth-order valence-electron chi connectivity index (χ4n) is 3.51. The molecule has 0 atom stereocenters. The number of carbonyl (C=O) groups excluding carboxylic acids is 2. The predicted octanol–water partition coefficient (Wildman–Crippen LogP) is -3.51. The summed E-state index contributed by atoms with van der Waals surface area (Å²) < 4.78 is 16.0. The van der Waals surface area contributed by atoms with Gasteiger partial charge < -0.3 is 24.2 Å². The smallest absolute Gasteiger partial charge is 0.790 e. The molecule has 1 aromatic carbocycles. The van der Waals surface area contributed by atoms with Crippen LogP contribution in [0.3, 0.4) is 0 Å². The van der Waals surface area contributed by atoms with Crippen molar-refractivity contribution in [2.75, 3.05) is 0 Å². The van der Waals surface area contributed by atoms with Gasteiger partial charge in [0.1, 0.15) is 6.73 Å². The Morgan fingerprint density at radius 1 is 1.15 bits per heavy atom. The third-order valence-corrected chi connectivity index (χ3v) is 6.00. The molecule has 1 N–H and O–H groups in total. The molecular formula is C19H20Cl2N3Na2O6P. The van der Waals surface area contributed by atoms with Crippen molar-refractivity contribution in [1.82, 2.24) is 15.1 Å². The summed E-state index contributed by atoms with van der Waals surface area (Å²) in [5.74, 6) is -0.938. The van der Waals surface area contributed by atoms with Crippen molar-refractivity contribution in [2.45, 2.75) is 51.3 Å². The third-order valence-electron chi connectivity index (χ3n) is 4.93. The Balaban J connectivity index is 0.00000272. The van der Waals surface area contributed by atoms with Crippen LogP contribution in [0.25, 0.3) is 0 Å². The summed E-state index contributed by atoms with van der Waals surface area (Å²) in [5, 5.41) is 7.27. The molecule has 0 saturated heterocycles. The van der Waals surface area contributed by atoms with E-state index < -0.39 is 26.2 Å². The maximum absolute atomic E-state index is 12.8. The zero-order chi connectivity index (χ0) is 22.6. The molecular weight excluding hydrogens is 514 g/mol. The van der Waals surface area contributed by atoms with Crippen molar-refractivity contribution in [3.05, 3.63) is 51.3 Å². The van der Waals surface area contributed by atoms with Crippen molar-refractivity contribution in [3.8, 4) is 0 Å². The van der Waals surface area contributed by atoms with Gasteiger partial charge in [-0.3, -0.25) is 9.59 Å². The molecule has 0 unspecified atom stereocenters. The number of nitrogens with zero attached hydrogens (tertiary/aromatic N) is 2. The van der Waals surface area contributed by atoms with E-state index in [9.17, 15) is 23.9 Å². The zero-order valence-corrected chi connectivity index (χ0v) is 24.8. The molecule has 1 saturated carbocycles. The van der Waals surface area contributed by atoms with E-state index in [0.717, 1.165) is 36.8 Å². The van der Waals surface area contributed by atoms with Crippen LogP contribution < -0.4 is 74.2 Å². The molecule has 14 heteroatoms. The van der Waals surface area contributed by atoms with Crippen LogP contribution in [0, 0.1) is 0 Å². The number of Topliss-reactive ketones (excluding diaryl/α,β-unsaturated/α-hetero) is 1. The average molecular weight is 534 g/mol. The Kier molecular flexibility index (Phi) is 13.4. The van der Waals surface area contributed by atoms with E-state index >= 15 is 0 Å². The number of hydrogen-bond donors (Lipinski definition) is 1. The Labute approximate surface area is 245 Å². The standard InChI is InChI=1S/C19H22Cl2N3O6P.2Na/c20-14-7-4-8-15(21)17(14)16(25)9-12-10-24(11-30-31(27,28)29)23-18(12)19(26)22-13-5-2-1-3-6-13;;/h4,7-8,10,13H,1-3,5-6,9,11H2,(H,22,26)(H2,27,28,29);;/q;2*+1/p-2. The molecule has 0 spiro atoms. The first-order chi connectivity index (χ1) is 14.6. The van der Waals surface area contributed by atoms with Gasteiger partial charge in [-0.25, -0.2) is 4.68 Å². The predicted molar refractivity (Wildman–Crippen MR) is 110 cm³/mol. The van der Waals surface area contributed by atoms with E-state index in [4.69, 9.17) is 23.2 Å². The number of aromatic nitrogens is 2. The maximum atomic E-state index is 12.8. The third kappa shape index (κ3) is 9.33. The van der Waals surface area contributed by atoms with Crippen molar-refractivity contribution in [1.29, 1.82) is 0 Å². The van der Waals surface area contributed by atoms with Gasteiger partial charge >= 0.3 is 59.1 Å². The number of halogens is 2. The summed E-state index contributed by atoms with van der Waals surface area (Å²) in [5.41, 5.74) is 0.277. The molecule has 9 nitrogen and oxygen atoms in total. The van der Waals surface area contributed by atoms with Crippen LogP contribution in [0.2, 0.25) is 10.0 Å². The van der Waals surface area contributed by atoms with Crippen LogP contribution in [-0.2, 0) is 22.2 Å². The molecule has 0 radical (unpaired) electrons. The van der Waals surface area contributed by atoms with Gasteiger partial charge in [-0.15, -0.1) is 0 Å². The first-order valence-electron chi connectivity index (χ1n) is 9.65. The van der Waals surface area contributed by atoms with Gasteiger partial charge in [-0.1, -0.05) is 48.5 Å². The van der Waals surface area contributed by atoms with Crippen LogP contribution in [0.5, 0.6) is 0 Å². The minimum Gasteiger partial charge on any atom is -0.790 e. The molecule has 3 rings (SSSR count). The number of hydrogen-bond acceptors (Lipinski definition) is 7. The number of phosphoric acid groups is 1. The summed E-state index contributed by atoms with van der Waals surface area (Å²) in [7, 11) is -5.24. The average Bonchev–Trinajstić information content (AvgIpc) is 3.09. The zero-order valence-electron chi connectivity index (χ0n) is 18.4. The van der Waals surface area contributed by atoms with Gasteiger partial charge in [-0.05, 0) is 25.0 Å². The summed E-state index contributed by atoms with van der Waals surface area (Å²) in [6.45, 7) is -0.713. The second-order valence-corrected chi connectivity index (χ2v) is 9.22. The van der Waals surface area contributed by atoms with Crippen molar-refractivity contribution in [3.63, 3.8) is 0 Å². The fourth-order valence-corrected chi connectivity index (χ4v) is 4.37. The van der Waals surface area contributed by atoms with Gasteiger partial charge in [0.05, 0.1) is 23.4 Å². The Morgan fingerprint density at radius 2 is 1.76 bits per heavy atom. The van der Waals surface area contributed by atoms with Crippen molar-refractivity contribution < 1.29 is 87.6 Å². The first kappa shape index (κ1) is 31.3. The number of ketones is 1. The number of amides is 1. The van der Waals surface area contributed by atoms with Crippen molar-refractivity contribution >= 4 is 42.7 Å². The van der Waals surface area contributed by atoms with Crippen LogP contribution >= 0.6 is 31.0 Å². The number of rotatable bonds is 8. The summed E-state index contributed by atoms with van der Waals surface area (Å²) >= 11 is 12.2. The van der Waals surface area contributed by atoms with E-state index in [-0.39, 0.29) is 98.4 Å². The molecule has 1 heterocycles. The Hall–Kier alpha value is 0.260. The normalized spacial score (nSPS) is 14.2. The van der Waals surface area contributed by atoms with E-state index in [0.29, 0.717) is 0 Å². The van der Waals surface area contributed by atoms with E-state index in [2.05, 4.69) is 14.9 Å². The summed E-state index contributed by atoms with van der Waals surface area (Å²) in [6.07, 6.45) is 5.83. The van der Waals surface area contributed by atoms with E-state index in [1.54, 1.807) is 6.07 Å². The van der Waals surface area contributed by atoms with E-state index in [1.807, 2.05) is 0 Å². The summed E-state index contributed by atoms with van der Waals surface area (Å²) in [4.78, 5) is 47.2. The number of nitrogens with one attached hydrogen (secondary N) is 1. The fraction of sp³-hybridized carbons (Fsp3) is 0.421. The van der Waals surface area contributed by atoms with Gasteiger partial charge in [0.25, 0.3) is 5.91 Å². The molecule has 0 aliphatic heterocycles. The van der Waals surface area contributed by atoms with Crippen LogP contribution in [0.15, 0.2) is 24.4 Å². The molecule has 168 valence electrons. The number of benzene rings is 1. The number of carbonyl (C=O) groups is 2. The van der Waals surface area contributed by atoms with Gasteiger partial charge in [0.15, 0.2) is 11.5 Å². The van der Waals surface area contributed by atoms with Crippen LogP contribution in [-0.4, -0.2) is 27.5 Å². The van der Waals surface area contributed by atoms with Crippen LogP contribution in [0.1, 0.15) is 58.5 Å². The van der Waals surface area contributed by atoms with Gasteiger partial charge in [0, 0.05) is 24.2 Å². The molecule has 1 amide bonds. The monoisotopic (exact) mass is 533 g/mol. The molecule has 2 aromatic rings. The minimum absolute atomic E-state index is 0. The molecule has 0 bridgehead atoms. The van der Waals surface area contributed by atoms with Gasteiger partial charge in [0.2, 0.25) is 0 Å². The molecule has 33 heavy (non-hydrogen) atoms. The van der Waals surface area contributed by atoms with E-state index in [1.165, 1.54) is 18.3 Å². The molecule has 1 aromatic heterocycles. The minimum atomic E-state index is -5.24. The number of phosphoric ester groups is 1. The quantitative estimate of drug-likeness (QED) is 0.211. The molecule has 1 fully saturated rings. The Bertz CT molecular complexity index is 1010. The topological polar surface area (TPSA) is 136 Å². The summed E-state index contributed by atoms with van der Waals surface area (Å²) in [6, 6.07) is 4.64. The molecule has 1 aliphatic rings. The van der Waals surface area contributed by atoms with Crippen LogP contribution in [0.4, 0.5) is 0 Å². The molecule has 1 aliphatic carbocycles. The SMILES string of the molecule is O=C(NC1CCCCC1)c1nn(COP(=O)([O-])[O-])cc1CC(=O)c1c(Cl)cccc1Cl.[Na+].[Na+].